The zero-order valence-corrected chi connectivity index (χ0v) is 24.3. The first kappa shape index (κ1) is 26.0. The third-order valence-electron chi connectivity index (χ3n) is 8.96. The lowest BCUT2D eigenvalue weighted by Crippen LogP contribution is -2.28. The van der Waals surface area contributed by atoms with E-state index in [1.54, 1.807) is 0 Å². The second-order valence-electron chi connectivity index (χ2n) is 11.4. The fourth-order valence-electron chi connectivity index (χ4n) is 7.11. The van der Waals surface area contributed by atoms with E-state index in [1.807, 2.05) is 6.07 Å². The van der Waals surface area contributed by atoms with E-state index in [9.17, 15) is 0 Å². The van der Waals surface area contributed by atoms with Gasteiger partial charge in [0.2, 0.25) is 0 Å². The summed E-state index contributed by atoms with van der Waals surface area (Å²) in [7, 11) is 0. The van der Waals surface area contributed by atoms with Gasteiger partial charge >= 0.3 is 0 Å². The van der Waals surface area contributed by atoms with Crippen molar-refractivity contribution in [3.8, 4) is 33.4 Å². The Morgan fingerprint density at radius 2 is 0.841 bits per heavy atom. The summed E-state index contributed by atoms with van der Waals surface area (Å²) in [6.07, 6.45) is 0. The van der Waals surface area contributed by atoms with E-state index >= 15 is 0 Å². The first-order valence-electron chi connectivity index (χ1n) is 15.2. The Balaban J connectivity index is 1.33. The second-order valence-corrected chi connectivity index (χ2v) is 11.4. The molecule has 0 atom stereocenters. The van der Waals surface area contributed by atoms with Crippen LogP contribution in [0.3, 0.4) is 0 Å². The maximum absolute atomic E-state index is 3.66. The van der Waals surface area contributed by atoms with E-state index in [0.717, 1.165) is 11.4 Å². The highest BCUT2D eigenvalue weighted by molar-refractivity contribution is 5.92. The number of fused-ring (bicyclic) bond motifs is 3. The van der Waals surface area contributed by atoms with Crippen molar-refractivity contribution in [1.82, 2.24) is 0 Å². The first-order valence-corrected chi connectivity index (χ1v) is 15.2. The fourth-order valence-corrected chi connectivity index (χ4v) is 7.11. The molecule has 0 fully saturated rings. The van der Waals surface area contributed by atoms with Crippen LogP contribution in [0.4, 0.5) is 11.4 Å². The van der Waals surface area contributed by atoms with E-state index in [4.69, 9.17) is 0 Å². The Hall–Kier alpha value is -5.66. The summed E-state index contributed by atoms with van der Waals surface area (Å²) in [4.78, 5) is 0. The molecule has 1 N–H and O–H groups in total. The molecule has 1 nitrogen and oxygen atoms in total. The molecular weight excluding hydrogens is 530 g/mol. The van der Waals surface area contributed by atoms with Crippen LogP contribution in [0.25, 0.3) is 33.4 Å². The molecule has 0 spiro atoms. The van der Waals surface area contributed by atoms with Gasteiger partial charge in [-0.25, -0.2) is 0 Å². The van der Waals surface area contributed by atoms with Gasteiger partial charge in [0.1, 0.15) is 0 Å². The highest BCUT2D eigenvalue weighted by Gasteiger charge is 2.45. The van der Waals surface area contributed by atoms with Gasteiger partial charge in [0.05, 0.1) is 5.41 Å². The van der Waals surface area contributed by atoms with Crippen molar-refractivity contribution in [1.29, 1.82) is 0 Å². The molecule has 0 aliphatic heterocycles. The van der Waals surface area contributed by atoms with Crippen molar-refractivity contribution in [2.45, 2.75) is 5.41 Å². The lowest BCUT2D eigenvalue weighted by atomic mass is 9.67. The van der Waals surface area contributed by atoms with Gasteiger partial charge in [-0.05, 0) is 74.3 Å². The summed E-state index contributed by atoms with van der Waals surface area (Å²) in [6, 6.07) is 65.8. The molecule has 7 aromatic carbocycles. The predicted octanol–water partition coefficient (Wildman–Crippen LogP) is 11.1. The van der Waals surface area contributed by atoms with E-state index in [-0.39, 0.29) is 0 Å². The van der Waals surface area contributed by atoms with Crippen LogP contribution >= 0.6 is 0 Å². The van der Waals surface area contributed by atoms with E-state index in [1.165, 1.54) is 55.6 Å². The highest BCUT2D eigenvalue weighted by atomic mass is 14.9. The van der Waals surface area contributed by atoms with E-state index in [2.05, 4.69) is 181 Å². The van der Waals surface area contributed by atoms with Gasteiger partial charge in [0.25, 0.3) is 0 Å². The Morgan fingerprint density at radius 1 is 0.341 bits per heavy atom. The van der Waals surface area contributed by atoms with Crippen molar-refractivity contribution >= 4 is 11.4 Å². The Kier molecular flexibility index (Phi) is 6.43. The smallest absolute Gasteiger partial charge is 0.0713 e. The topological polar surface area (TPSA) is 12.0 Å². The summed E-state index contributed by atoms with van der Waals surface area (Å²) in [6.45, 7) is 0. The number of nitrogens with one attached hydrogen (secondary N) is 1. The lowest BCUT2D eigenvalue weighted by Gasteiger charge is -2.34. The van der Waals surface area contributed by atoms with Crippen LogP contribution in [0.1, 0.15) is 22.3 Å². The van der Waals surface area contributed by atoms with Crippen LogP contribution in [0.5, 0.6) is 0 Å². The van der Waals surface area contributed by atoms with Crippen molar-refractivity contribution in [2.75, 3.05) is 5.32 Å². The van der Waals surface area contributed by atoms with Crippen LogP contribution in [0.15, 0.2) is 182 Å². The number of anilines is 2. The number of para-hydroxylation sites is 2. The van der Waals surface area contributed by atoms with Gasteiger partial charge in [-0.2, -0.15) is 0 Å². The van der Waals surface area contributed by atoms with Crippen LogP contribution < -0.4 is 5.32 Å². The summed E-state index contributed by atoms with van der Waals surface area (Å²) in [5.74, 6) is 0. The SMILES string of the molecule is c1ccc(Nc2ccccc2-c2ccccc2-c2cccc(C3(c4ccccc4)c4ccccc4-c4ccccc43)c2)cc1. The highest BCUT2D eigenvalue weighted by Crippen LogP contribution is 2.56. The Bertz CT molecular complexity index is 2050. The maximum atomic E-state index is 3.66. The van der Waals surface area contributed by atoms with Crippen molar-refractivity contribution in [3.05, 3.63) is 204 Å². The van der Waals surface area contributed by atoms with Crippen molar-refractivity contribution in [2.24, 2.45) is 0 Å². The molecule has 208 valence electrons. The number of rotatable bonds is 6. The number of hydrogen-bond acceptors (Lipinski definition) is 1. The summed E-state index contributed by atoms with van der Waals surface area (Å²) >= 11 is 0. The van der Waals surface area contributed by atoms with Crippen LogP contribution in [-0.2, 0) is 5.41 Å². The van der Waals surface area contributed by atoms with Crippen molar-refractivity contribution < 1.29 is 0 Å². The van der Waals surface area contributed by atoms with Crippen molar-refractivity contribution in [3.63, 3.8) is 0 Å². The fraction of sp³-hybridized carbons (Fsp3) is 0.0233. The standard InChI is InChI=1S/C43H31N/c1-3-17-32(18-4-1)43(40-27-12-9-24-37(40)38-25-10-13-28-41(38)43)33-19-15-16-31(30-33)35-22-7-8-23-36(35)39-26-11-14-29-42(39)44-34-20-5-2-6-21-34/h1-30,44H. The molecule has 0 aromatic heterocycles. The monoisotopic (exact) mass is 561 g/mol. The minimum absolute atomic E-state index is 0.424. The molecule has 0 unspecified atom stereocenters. The van der Waals surface area contributed by atoms with Gasteiger partial charge < -0.3 is 5.32 Å². The number of hydrogen-bond donors (Lipinski definition) is 1. The minimum atomic E-state index is -0.424. The number of benzene rings is 7. The van der Waals surface area contributed by atoms with Gasteiger partial charge in [-0.3, -0.25) is 0 Å². The van der Waals surface area contributed by atoms with E-state index in [0.29, 0.717) is 0 Å². The maximum Gasteiger partial charge on any atom is 0.0713 e. The zero-order valence-electron chi connectivity index (χ0n) is 24.3. The molecular formula is C43H31N. The second kappa shape index (κ2) is 10.9. The minimum Gasteiger partial charge on any atom is -0.355 e. The third-order valence-corrected chi connectivity index (χ3v) is 8.96. The quantitative estimate of drug-likeness (QED) is 0.213. The predicted molar refractivity (Wildman–Crippen MR) is 184 cm³/mol. The van der Waals surface area contributed by atoms with E-state index < -0.39 is 5.41 Å². The molecule has 1 aliphatic rings. The molecule has 0 amide bonds. The molecule has 1 aliphatic carbocycles. The average molecular weight is 562 g/mol. The largest absolute Gasteiger partial charge is 0.355 e. The van der Waals surface area contributed by atoms with Gasteiger partial charge in [-0.15, -0.1) is 0 Å². The molecule has 7 aromatic rings. The van der Waals surface area contributed by atoms with Gasteiger partial charge in [0.15, 0.2) is 0 Å². The summed E-state index contributed by atoms with van der Waals surface area (Å²) < 4.78 is 0. The Morgan fingerprint density at radius 3 is 1.52 bits per heavy atom. The molecule has 0 saturated carbocycles. The first-order chi connectivity index (χ1) is 21.8. The van der Waals surface area contributed by atoms with Gasteiger partial charge in [0, 0.05) is 16.9 Å². The normalized spacial score (nSPS) is 12.7. The summed E-state index contributed by atoms with van der Waals surface area (Å²) in [5.41, 5.74) is 14.3. The third kappa shape index (κ3) is 4.17. The zero-order chi connectivity index (χ0) is 29.3. The Labute approximate surface area is 259 Å². The molecule has 1 heteroatoms. The van der Waals surface area contributed by atoms with Crippen LogP contribution in [0.2, 0.25) is 0 Å². The van der Waals surface area contributed by atoms with Gasteiger partial charge in [-0.1, -0.05) is 158 Å². The average Bonchev–Trinajstić information content (AvgIpc) is 3.41. The van der Waals surface area contributed by atoms with Crippen LogP contribution in [0, 0.1) is 0 Å². The lowest BCUT2D eigenvalue weighted by molar-refractivity contribution is 0.769. The molecule has 8 rings (SSSR count). The molecule has 44 heavy (non-hydrogen) atoms. The summed E-state index contributed by atoms with van der Waals surface area (Å²) in [5, 5.41) is 3.66. The molecule has 0 bridgehead atoms. The molecule has 0 saturated heterocycles. The van der Waals surface area contributed by atoms with Crippen LogP contribution in [-0.4, -0.2) is 0 Å². The molecule has 0 radical (unpaired) electrons. The molecule has 0 heterocycles.